The molecule has 0 fully saturated rings. The van der Waals surface area contributed by atoms with Crippen molar-refractivity contribution in [2.45, 2.75) is 40.0 Å². The zero-order valence-corrected chi connectivity index (χ0v) is 12.7. The smallest absolute Gasteiger partial charge is 0.310 e. The van der Waals surface area contributed by atoms with E-state index in [2.05, 4.69) is 32.9 Å². The van der Waals surface area contributed by atoms with Crippen LogP contribution in [-0.2, 0) is 16.0 Å². The molecule has 2 nitrogen and oxygen atoms in total. The van der Waals surface area contributed by atoms with Crippen LogP contribution in [0.3, 0.4) is 0 Å². The van der Waals surface area contributed by atoms with Crippen molar-refractivity contribution >= 4 is 5.97 Å². The zero-order chi connectivity index (χ0) is 14.8. The van der Waals surface area contributed by atoms with Gasteiger partial charge in [-0.25, -0.2) is 0 Å². The highest BCUT2D eigenvalue weighted by molar-refractivity contribution is 5.72. The molecule has 0 amide bonds. The molecule has 2 heteroatoms. The Morgan fingerprint density at radius 2 is 1.85 bits per heavy atom. The molecule has 0 aliphatic heterocycles. The predicted molar refractivity (Wildman–Crippen MR) is 83.5 cm³/mol. The van der Waals surface area contributed by atoms with Crippen molar-refractivity contribution in [3.05, 3.63) is 59.2 Å². The minimum Gasteiger partial charge on any atom is -0.465 e. The summed E-state index contributed by atoms with van der Waals surface area (Å²) in [6.45, 7) is 6.75. The number of hydrogen-bond acceptors (Lipinski definition) is 2. The van der Waals surface area contributed by atoms with Gasteiger partial charge in [0.25, 0.3) is 0 Å². The fraction of sp³-hybridized carbons (Fsp3) is 0.389. The van der Waals surface area contributed by atoms with Gasteiger partial charge in [-0.1, -0.05) is 53.6 Å². The van der Waals surface area contributed by atoms with Gasteiger partial charge in [-0.3, -0.25) is 4.79 Å². The van der Waals surface area contributed by atoms with E-state index in [0.29, 0.717) is 13.0 Å². The first-order chi connectivity index (χ1) is 9.58. The second-order valence-electron chi connectivity index (χ2n) is 5.19. The third kappa shape index (κ3) is 7.57. The maximum absolute atomic E-state index is 11.6. The van der Waals surface area contributed by atoms with Gasteiger partial charge in [-0.05, 0) is 39.2 Å². The number of benzene rings is 1. The maximum atomic E-state index is 11.6. The number of ether oxygens (including phenoxy) is 1. The van der Waals surface area contributed by atoms with Crippen molar-refractivity contribution in [1.82, 2.24) is 0 Å². The first-order valence-electron chi connectivity index (χ1n) is 7.09. The highest BCUT2D eigenvalue weighted by Gasteiger charge is 2.03. The number of esters is 1. The number of hydrogen-bond donors (Lipinski definition) is 0. The average Bonchev–Trinajstić information content (AvgIpc) is 2.38. The molecule has 0 atom stereocenters. The van der Waals surface area contributed by atoms with Gasteiger partial charge < -0.3 is 4.74 Å². The third-order valence-electron chi connectivity index (χ3n) is 2.79. The Kier molecular flexibility index (Phi) is 7.41. The van der Waals surface area contributed by atoms with E-state index in [0.717, 1.165) is 18.4 Å². The second kappa shape index (κ2) is 9.13. The van der Waals surface area contributed by atoms with Crippen LogP contribution in [0.4, 0.5) is 0 Å². The summed E-state index contributed by atoms with van der Waals surface area (Å²) in [6, 6.07) is 9.67. The lowest BCUT2D eigenvalue weighted by Gasteiger charge is -2.04. The van der Waals surface area contributed by atoms with Gasteiger partial charge in [0.1, 0.15) is 0 Å². The summed E-state index contributed by atoms with van der Waals surface area (Å²) in [7, 11) is 0. The molecule has 0 heterocycles. The van der Waals surface area contributed by atoms with Crippen LogP contribution in [-0.4, -0.2) is 12.6 Å². The summed E-state index contributed by atoms with van der Waals surface area (Å²) in [4.78, 5) is 11.6. The molecule has 0 saturated heterocycles. The van der Waals surface area contributed by atoms with Gasteiger partial charge in [-0.15, -0.1) is 0 Å². The molecule has 1 aromatic rings. The summed E-state index contributed by atoms with van der Waals surface area (Å²) in [6.07, 6.45) is 6.50. The largest absolute Gasteiger partial charge is 0.465 e. The summed E-state index contributed by atoms with van der Waals surface area (Å²) in [5, 5.41) is 0. The summed E-state index contributed by atoms with van der Waals surface area (Å²) in [5.74, 6) is -0.152. The lowest BCUT2D eigenvalue weighted by atomic mass is 10.1. The SMILES string of the molecule is CC(C)=C/C(C)=C/CCCOC(=O)Cc1ccccc1. The molecule has 0 bridgehead atoms. The number of unbranched alkanes of at least 4 members (excludes halogenated alkanes) is 1. The fourth-order valence-corrected chi connectivity index (χ4v) is 1.93. The Labute approximate surface area is 122 Å². The number of rotatable bonds is 7. The van der Waals surface area contributed by atoms with Crippen molar-refractivity contribution in [1.29, 1.82) is 0 Å². The summed E-state index contributed by atoms with van der Waals surface area (Å²) < 4.78 is 5.23. The van der Waals surface area contributed by atoms with Gasteiger partial charge in [0.15, 0.2) is 0 Å². The standard InChI is InChI=1S/C18H24O2/c1-15(2)13-16(3)9-7-8-12-20-18(19)14-17-10-5-4-6-11-17/h4-6,9-11,13H,7-8,12,14H2,1-3H3/b16-9+. The number of carbonyl (C=O) groups is 1. The maximum Gasteiger partial charge on any atom is 0.310 e. The van der Waals surface area contributed by atoms with E-state index in [1.807, 2.05) is 30.3 Å². The molecule has 108 valence electrons. The summed E-state index contributed by atoms with van der Waals surface area (Å²) >= 11 is 0. The van der Waals surface area contributed by atoms with Crippen molar-refractivity contribution in [2.24, 2.45) is 0 Å². The van der Waals surface area contributed by atoms with E-state index < -0.39 is 0 Å². The molecule has 0 aliphatic rings. The minimum absolute atomic E-state index is 0.152. The molecule has 1 rings (SSSR count). The van der Waals surface area contributed by atoms with Gasteiger partial charge in [0.2, 0.25) is 0 Å². The fourth-order valence-electron chi connectivity index (χ4n) is 1.93. The predicted octanol–water partition coefficient (Wildman–Crippen LogP) is 4.47. The minimum atomic E-state index is -0.152. The van der Waals surface area contributed by atoms with E-state index in [4.69, 9.17) is 4.74 Å². The van der Waals surface area contributed by atoms with E-state index >= 15 is 0 Å². The molecule has 0 aromatic heterocycles. The lowest BCUT2D eigenvalue weighted by Crippen LogP contribution is -2.08. The van der Waals surface area contributed by atoms with Crippen LogP contribution in [0.5, 0.6) is 0 Å². The van der Waals surface area contributed by atoms with Gasteiger partial charge in [-0.2, -0.15) is 0 Å². The van der Waals surface area contributed by atoms with E-state index in [1.165, 1.54) is 11.1 Å². The van der Waals surface area contributed by atoms with Crippen LogP contribution in [0.1, 0.15) is 39.2 Å². The molecule has 0 unspecified atom stereocenters. The van der Waals surface area contributed by atoms with Gasteiger partial charge in [0.05, 0.1) is 13.0 Å². The van der Waals surface area contributed by atoms with Crippen LogP contribution >= 0.6 is 0 Å². The Balaban J connectivity index is 2.18. The normalized spacial score (nSPS) is 11.1. The van der Waals surface area contributed by atoms with Crippen LogP contribution in [0.25, 0.3) is 0 Å². The highest BCUT2D eigenvalue weighted by Crippen LogP contribution is 2.05. The Bertz CT molecular complexity index is 465. The lowest BCUT2D eigenvalue weighted by molar-refractivity contribution is -0.142. The Morgan fingerprint density at radius 3 is 2.50 bits per heavy atom. The first kappa shape index (κ1) is 16.2. The molecular weight excluding hydrogens is 248 g/mol. The van der Waals surface area contributed by atoms with E-state index in [-0.39, 0.29) is 5.97 Å². The first-order valence-corrected chi connectivity index (χ1v) is 7.09. The Hall–Kier alpha value is -1.83. The number of carbonyl (C=O) groups excluding carboxylic acids is 1. The highest BCUT2D eigenvalue weighted by atomic mass is 16.5. The van der Waals surface area contributed by atoms with Crippen molar-refractivity contribution < 1.29 is 9.53 Å². The Morgan fingerprint density at radius 1 is 1.15 bits per heavy atom. The topological polar surface area (TPSA) is 26.3 Å². The van der Waals surface area contributed by atoms with Gasteiger partial charge >= 0.3 is 5.97 Å². The molecule has 0 aliphatic carbocycles. The molecule has 0 spiro atoms. The zero-order valence-electron chi connectivity index (χ0n) is 12.7. The average molecular weight is 272 g/mol. The number of allylic oxidation sites excluding steroid dienone is 4. The molecule has 0 saturated carbocycles. The monoisotopic (exact) mass is 272 g/mol. The molecule has 1 aromatic carbocycles. The van der Waals surface area contributed by atoms with Crippen molar-refractivity contribution in [3.63, 3.8) is 0 Å². The molecular formula is C18H24O2. The quantitative estimate of drug-likeness (QED) is 0.416. The van der Waals surface area contributed by atoms with E-state index in [9.17, 15) is 4.79 Å². The van der Waals surface area contributed by atoms with Crippen LogP contribution < -0.4 is 0 Å². The van der Waals surface area contributed by atoms with Crippen molar-refractivity contribution in [2.75, 3.05) is 6.61 Å². The van der Waals surface area contributed by atoms with Gasteiger partial charge in [0, 0.05) is 0 Å². The van der Waals surface area contributed by atoms with E-state index in [1.54, 1.807) is 0 Å². The van der Waals surface area contributed by atoms with Crippen LogP contribution in [0, 0.1) is 0 Å². The van der Waals surface area contributed by atoms with Crippen LogP contribution in [0.2, 0.25) is 0 Å². The molecule has 0 radical (unpaired) electrons. The van der Waals surface area contributed by atoms with Crippen molar-refractivity contribution in [3.8, 4) is 0 Å². The molecule has 20 heavy (non-hydrogen) atoms. The van der Waals surface area contributed by atoms with Crippen LogP contribution in [0.15, 0.2) is 53.6 Å². The summed E-state index contributed by atoms with van der Waals surface area (Å²) in [5.41, 5.74) is 3.56. The molecule has 0 N–H and O–H groups in total. The third-order valence-corrected chi connectivity index (χ3v) is 2.79. The second-order valence-corrected chi connectivity index (χ2v) is 5.19.